The van der Waals surface area contributed by atoms with Crippen molar-refractivity contribution in [3.8, 4) is 0 Å². The van der Waals surface area contributed by atoms with Gasteiger partial charge in [0.2, 0.25) is 0 Å². The summed E-state index contributed by atoms with van der Waals surface area (Å²) in [5.74, 6) is 0. The summed E-state index contributed by atoms with van der Waals surface area (Å²) in [7, 11) is 0. The van der Waals surface area contributed by atoms with Crippen molar-refractivity contribution in [1.82, 2.24) is 9.97 Å². The predicted molar refractivity (Wildman–Crippen MR) is 69.1 cm³/mol. The summed E-state index contributed by atoms with van der Waals surface area (Å²) in [5, 5.41) is 2.37. The molecule has 0 saturated heterocycles. The largest absolute Gasteiger partial charge is 0.253 e. The Hall–Kier alpha value is -1.48. The fraction of sp³-hybridized carbons (Fsp3) is 0.231. The summed E-state index contributed by atoms with van der Waals surface area (Å²) in [6, 6.07) is 6.26. The molecule has 0 bridgehead atoms. The number of fused-ring (bicyclic) bond motifs is 3. The van der Waals surface area contributed by atoms with Gasteiger partial charge in [0.25, 0.3) is 0 Å². The molecule has 1 aromatic carbocycles. The van der Waals surface area contributed by atoms with Crippen LogP contribution in [0.4, 0.5) is 0 Å². The van der Waals surface area contributed by atoms with Crippen molar-refractivity contribution in [1.29, 1.82) is 0 Å². The van der Waals surface area contributed by atoms with E-state index in [-0.39, 0.29) is 0 Å². The summed E-state index contributed by atoms with van der Waals surface area (Å²) >= 11 is 1.75. The van der Waals surface area contributed by atoms with E-state index in [0.29, 0.717) is 0 Å². The zero-order valence-corrected chi connectivity index (χ0v) is 10.4. The number of nitrogens with zero attached hydrogens (tertiary/aromatic N) is 2. The third-order valence-corrected chi connectivity index (χ3v) is 3.76. The van der Waals surface area contributed by atoms with Crippen molar-refractivity contribution in [2.24, 2.45) is 0 Å². The van der Waals surface area contributed by atoms with E-state index in [0.717, 1.165) is 21.7 Å². The molecule has 0 aliphatic heterocycles. The minimum absolute atomic E-state index is 1.07. The van der Waals surface area contributed by atoms with Gasteiger partial charge in [0.15, 0.2) is 0 Å². The van der Waals surface area contributed by atoms with E-state index in [2.05, 4.69) is 35.1 Å². The van der Waals surface area contributed by atoms with E-state index in [1.165, 1.54) is 15.6 Å². The standard InChI is InChI=1S/C13H12N2S/c1-7-6-8(2)14-10-4-5-11-13(12(7)10)16-9(3)15-11/h4-6H,1-3H3. The monoisotopic (exact) mass is 228 g/mol. The zero-order valence-electron chi connectivity index (χ0n) is 9.53. The van der Waals surface area contributed by atoms with E-state index in [9.17, 15) is 0 Å². The summed E-state index contributed by atoms with van der Waals surface area (Å²) in [5.41, 5.74) is 4.53. The molecule has 3 heteroatoms. The maximum Gasteiger partial charge on any atom is 0.0908 e. The highest BCUT2D eigenvalue weighted by molar-refractivity contribution is 7.19. The lowest BCUT2D eigenvalue weighted by atomic mass is 10.1. The maximum absolute atomic E-state index is 4.57. The Morgan fingerprint density at radius 3 is 2.56 bits per heavy atom. The molecular formula is C13H12N2S. The molecule has 0 saturated carbocycles. The molecule has 2 aromatic heterocycles. The van der Waals surface area contributed by atoms with Gasteiger partial charge in [-0.05, 0) is 44.5 Å². The van der Waals surface area contributed by atoms with Crippen molar-refractivity contribution >= 4 is 32.5 Å². The minimum atomic E-state index is 1.07. The van der Waals surface area contributed by atoms with Gasteiger partial charge in [-0.25, -0.2) is 4.98 Å². The van der Waals surface area contributed by atoms with Crippen LogP contribution < -0.4 is 0 Å². The van der Waals surface area contributed by atoms with E-state index < -0.39 is 0 Å². The number of hydrogen-bond acceptors (Lipinski definition) is 3. The molecule has 0 fully saturated rings. The molecule has 0 spiro atoms. The number of thiazole rings is 1. The first-order chi connectivity index (χ1) is 7.65. The Morgan fingerprint density at radius 2 is 1.75 bits per heavy atom. The average Bonchev–Trinajstić information content (AvgIpc) is 2.56. The van der Waals surface area contributed by atoms with Gasteiger partial charge in [-0.3, -0.25) is 4.98 Å². The molecule has 0 N–H and O–H groups in total. The summed E-state index contributed by atoms with van der Waals surface area (Å²) < 4.78 is 1.26. The molecular weight excluding hydrogens is 216 g/mol. The zero-order chi connectivity index (χ0) is 11.3. The van der Waals surface area contributed by atoms with Crippen molar-refractivity contribution in [3.63, 3.8) is 0 Å². The Morgan fingerprint density at radius 1 is 1.00 bits per heavy atom. The van der Waals surface area contributed by atoms with Crippen molar-refractivity contribution < 1.29 is 0 Å². The molecule has 3 rings (SSSR count). The second kappa shape index (κ2) is 3.25. The molecule has 0 amide bonds. The van der Waals surface area contributed by atoms with Crippen molar-refractivity contribution in [2.45, 2.75) is 20.8 Å². The van der Waals surface area contributed by atoms with Crippen molar-refractivity contribution in [2.75, 3.05) is 0 Å². The Labute approximate surface area is 98.0 Å². The van der Waals surface area contributed by atoms with Crippen LogP contribution >= 0.6 is 11.3 Å². The van der Waals surface area contributed by atoms with Crippen LogP contribution in [0.3, 0.4) is 0 Å². The highest BCUT2D eigenvalue weighted by Gasteiger charge is 2.08. The second-order valence-corrected chi connectivity index (χ2v) is 5.32. The van der Waals surface area contributed by atoms with Gasteiger partial charge in [-0.15, -0.1) is 11.3 Å². The number of rotatable bonds is 0. The van der Waals surface area contributed by atoms with Gasteiger partial charge >= 0.3 is 0 Å². The summed E-state index contributed by atoms with van der Waals surface area (Å²) in [4.78, 5) is 9.09. The lowest BCUT2D eigenvalue weighted by Crippen LogP contribution is -1.87. The molecule has 16 heavy (non-hydrogen) atoms. The van der Waals surface area contributed by atoms with Crippen molar-refractivity contribution in [3.05, 3.63) is 34.5 Å². The van der Waals surface area contributed by atoms with Gasteiger partial charge < -0.3 is 0 Å². The molecule has 3 aromatic rings. The smallest absolute Gasteiger partial charge is 0.0908 e. The first kappa shape index (κ1) is 9.73. The molecule has 80 valence electrons. The van der Waals surface area contributed by atoms with Gasteiger partial charge in [0, 0.05) is 11.1 Å². The van der Waals surface area contributed by atoms with Gasteiger partial charge in [-0.2, -0.15) is 0 Å². The topological polar surface area (TPSA) is 25.8 Å². The first-order valence-electron chi connectivity index (χ1n) is 5.29. The van der Waals surface area contributed by atoms with Crippen LogP contribution in [-0.4, -0.2) is 9.97 Å². The lowest BCUT2D eigenvalue weighted by Gasteiger charge is -2.03. The highest BCUT2D eigenvalue weighted by Crippen LogP contribution is 2.31. The van der Waals surface area contributed by atoms with Crippen LogP contribution in [0.15, 0.2) is 18.2 Å². The third-order valence-electron chi connectivity index (χ3n) is 2.76. The van der Waals surface area contributed by atoms with Crippen LogP contribution in [0.2, 0.25) is 0 Å². The van der Waals surface area contributed by atoms with E-state index >= 15 is 0 Å². The molecule has 0 aliphatic carbocycles. The molecule has 0 unspecified atom stereocenters. The van der Waals surface area contributed by atoms with Crippen LogP contribution in [-0.2, 0) is 0 Å². The molecule has 0 radical (unpaired) electrons. The first-order valence-corrected chi connectivity index (χ1v) is 6.11. The summed E-state index contributed by atoms with van der Waals surface area (Å²) in [6.07, 6.45) is 0. The normalized spacial score (nSPS) is 11.4. The number of benzene rings is 1. The number of aryl methyl sites for hydroxylation is 3. The van der Waals surface area contributed by atoms with Gasteiger partial charge in [-0.1, -0.05) is 0 Å². The average molecular weight is 228 g/mol. The van der Waals surface area contributed by atoms with Crippen LogP contribution in [0, 0.1) is 20.8 Å². The van der Waals surface area contributed by atoms with Gasteiger partial charge in [0.1, 0.15) is 0 Å². The third kappa shape index (κ3) is 1.32. The minimum Gasteiger partial charge on any atom is -0.253 e. The molecule has 0 aliphatic rings. The Balaban J connectivity index is 2.59. The fourth-order valence-corrected chi connectivity index (χ4v) is 3.20. The lowest BCUT2D eigenvalue weighted by molar-refractivity contribution is 1.24. The maximum atomic E-state index is 4.57. The Bertz CT molecular complexity index is 698. The molecule has 2 heterocycles. The highest BCUT2D eigenvalue weighted by atomic mass is 32.1. The summed E-state index contributed by atoms with van der Waals surface area (Å²) in [6.45, 7) is 6.23. The second-order valence-electron chi connectivity index (χ2n) is 4.12. The fourth-order valence-electron chi connectivity index (χ4n) is 2.17. The van der Waals surface area contributed by atoms with Crippen LogP contribution in [0.5, 0.6) is 0 Å². The van der Waals surface area contributed by atoms with E-state index in [1.54, 1.807) is 11.3 Å². The molecule has 0 atom stereocenters. The van der Waals surface area contributed by atoms with Gasteiger partial charge in [0.05, 0.1) is 20.7 Å². The number of pyridine rings is 1. The number of aromatic nitrogens is 2. The van der Waals surface area contributed by atoms with E-state index in [4.69, 9.17) is 0 Å². The van der Waals surface area contributed by atoms with E-state index in [1.807, 2.05) is 13.8 Å². The SMILES string of the molecule is Cc1cc(C)c2c(ccc3nc(C)sc32)n1. The quantitative estimate of drug-likeness (QED) is 0.585. The van der Waals surface area contributed by atoms with Crippen LogP contribution in [0.1, 0.15) is 16.3 Å². The van der Waals surface area contributed by atoms with Crippen LogP contribution in [0.25, 0.3) is 21.1 Å². The Kier molecular flexibility index (Phi) is 1.98. The molecule has 2 nitrogen and oxygen atoms in total. The predicted octanol–water partition coefficient (Wildman–Crippen LogP) is 3.77. The number of hydrogen-bond donors (Lipinski definition) is 0.